The number of fused-ring (bicyclic) bond motifs is 1. The molecule has 23 heavy (non-hydrogen) atoms. The second-order valence-corrected chi connectivity index (χ2v) is 5.66. The van der Waals surface area contributed by atoms with Crippen LogP contribution in [0.15, 0.2) is 48.8 Å². The highest BCUT2D eigenvalue weighted by Crippen LogP contribution is 2.33. The SMILES string of the molecule is O=C1NC(=O)N(c2ccc3[nH]cnc3c2)C1c1cccc(Cl)c1. The Kier molecular flexibility index (Phi) is 3.06. The second kappa shape index (κ2) is 5.10. The fourth-order valence-electron chi connectivity index (χ4n) is 2.78. The van der Waals surface area contributed by atoms with Gasteiger partial charge in [-0.2, -0.15) is 0 Å². The molecule has 0 bridgehead atoms. The quantitative estimate of drug-likeness (QED) is 0.711. The lowest BCUT2D eigenvalue weighted by Crippen LogP contribution is -2.29. The largest absolute Gasteiger partial charge is 0.345 e. The number of nitrogens with one attached hydrogen (secondary N) is 2. The fourth-order valence-corrected chi connectivity index (χ4v) is 2.98. The van der Waals surface area contributed by atoms with E-state index in [-0.39, 0.29) is 5.91 Å². The predicted octanol–water partition coefficient (Wildman–Crippen LogP) is 3.01. The molecule has 1 fully saturated rings. The molecular formula is C16H11ClN4O2. The van der Waals surface area contributed by atoms with Gasteiger partial charge in [0.1, 0.15) is 6.04 Å². The molecule has 1 unspecified atom stereocenters. The number of carbonyl (C=O) groups excluding carboxylic acids is 2. The van der Waals surface area contributed by atoms with Gasteiger partial charge in [-0.25, -0.2) is 9.78 Å². The van der Waals surface area contributed by atoms with Gasteiger partial charge in [0.25, 0.3) is 5.91 Å². The zero-order valence-corrected chi connectivity index (χ0v) is 12.5. The summed E-state index contributed by atoms with van der Waals surface area (Å²) in [6.45, 7) is 0. The number of rotatable bonds is 2. The van der Waals surface area contributed by atoms with Crippen LogP contribution in [0.1, 0.15) is 11.6 Å². The molecule has 4 rings (SSSR count). The van der Waals surface area contributed by atoms with Crippen LogP contribution in [0.4, 0.5) is 10.5 Å². The summed E-state index contributed by atoms with van der Waals surface area (Å²) in [6, 6.07) is 11.1. The Morgan fingerprint density at radius 2 is 2.00 bits per heavy atom. The van der Waals surface area contributed by atoms with Gasteiger partial charge in [0.05, 0.1) is 17.4 Å². The van der Waals surface area contributed by atoms with Crippen LogP contribution in [0.2, 0.25) is 5.02 Å². The van der Waals surface area contributed by atoms with E-state index in [1.165, 1.54) is 4.90 Å². The number of amides is 3. The molecule has 2 N–H and O–H groups in total. The van der Waals surface area contributed by atoms with Crippen LogP contribution < -0.4 is 10.2 Å². The van der Waals surface area contributed by atoms with Gasteiger partial charge in [-0.05, 0) is 35.9 Å². The van der Waals surface area contributed by atoms with E-state index >= 15 is 0 Å². The van der Waals surface area contributed by atoms with Crippen molar-refractivity contribution in [3.63, 3.8) is 0 Å². The van der Waals surface area contributed by atoms with E-state index in [4.69, 9.17) is 11.6 Å². The number of imidazole rings is 1. The molecule has 0 radical (unpaired) electrons. The van der Waals surface area contributed by atoms with Gasteiger partial charge in [-0.15, -0.1) is 0 Å². The van der Waals surface area contributed by atoms with Gasteiger partial charge in [0.2, 0.25) is 0 Å². The van der Waals surface area contributed by atoms with E-state index in [2.05, 4.69) is 15.3 Å². The van der Waals surface area contributed by atoms with Gasteiger partial charge >= 0.3 is 6.03 Å². The van der Waals surface area contributed by atoms with Crippen molar-refractivity contribution in [2.24, 2.45) is 0 Å². The molecule has 1 saturated heterocycles. The number of urea groups is 1. The van der Waals surface area contributed by atoms with Crippen molar-refractivity contribution >= 4 is 40.3 Å². The van der Waals surface area contributed by atoms with Crippen molar-refractivity contribution in [2.45, 2.75) is 6.04 Å². The minimum Gasteiger partial charge on any atom is -0.345 e. The molecule has 0 saturated carbocycles. The summed E-state index contributed by atoms with van der Waals surface area (Å²) in [5, 5.41) is 2.86. The van der Waals surface area contributed by atoms with Crippen molar-refractivity contribution in [1.29, 1.82) is 0 Å². The maximum atomic E-state index is 12.3. The van der Waals surface area contributed by atoms with E-state index in [1.807, 2.05) is 6.07 Å². The molecule has 6 nitrogen and oxygen atoms in total. The smallest absolute Gasteiger partial charge is 0.329 e. The van der Waals surface area contributed by atoms with E-state index in [0.717, 1.165) is 11.0 Å². The number of carbonyl (C=O) groups is 2. The lowest BCUT2D eigenvalue weighted by Gasteiger charge is -2.22. The third-order valence-electron chi connectivity index (χ3n) is 3.80. The van der Waals surface area contributed by atoms with Gasteiger partial charge in [0.15, 0.2) is 0 Å². The van der Waals surface area contributed by atoms with Gasteiger partial charge < -0.3 is 4.98 Å². The summed E-state index contributed by atoms with van der Waals surface area (Å²) in [4.78, 5) is 33.1. The first-order chi connectivity index (χ1) is 11.1. The van der Waals surface area contributed by atoms with Crippen molar-refractivity contribution < 1.29 is 9.59 Å². The Balaban J connectivity index is 1.83. The van der Waals surface area contributed by atoms with Crippen LogP contribution in [-0.4, -0.2) is 21.9 Å². The average molecular weight is 327 g/mol. The second-order valence-electron chi connectivity index (χ2n) is 5.23. The Bertz CT molecular complexity index is 936. The van der Waals surface area contributed by atoms with Crippen LogP contribution >= 0.6 is 11.6 Å². The van der Waals surface area contributed by atoms with Gasteiger partial charge in [-0.3, -0.25) is 15.0 Å². The molecule has 1 atom stereocenters. The Morgan fingerprint density at radius 3 is 2.83 bits per heavy atom. The first-order valence-electron chi connectivity index (χ1n) is 6.96. The standard InChI is InChI=1S/C16H11ClN4O2/c17-10-3-1-2-9(6-10)14-15(22)20-16(23)21(14)11-4-5-12-13(7-11)19-8-18-12/h1-8,14H,(H,18,19)(H,20,22,23). The van der Waals surface area contributed by atoms with E-state index in [0.29, 0.717) is 16.3 Å². The molecule has 1 aromatic heterocycles. The molecule has 3 aromatic rings. The van der Waals surface area contributed by atoms with Crippen molar-refractivity contribution in [3.8, 4) is 0 Å². The Morgan fingerprint density at radius 1 is 1.13 bits per heavy atom. The van der Waals surface area contributed by atoms with Crippen LogP contribution in [0, 0.1) is 0 Å². The molecule has 7 heteroatoms. The number of aromatic amines is 1. The first kappa shape index (κ1) is 13.8. The molecule has 114 valence electrons. The minimum atomic E-state index is -0.752. The summed E-state index contributed by atoms with van der Waals surface area (Å²) in [5.74, 6) is -0.376. The number of hydrogen-bond donors (Lipinski definition) is 2. The molecule has 0 spiro atoms. The molecule has 3 amide bonds. The van der Waals surface area contributed by atoms with E-state index in [1.54, 1.807) is 42.7 Å². The monoisotopic (exact) mass is 326 g/mol. The normalized spacial score (nSPS) is 17.8. The number of anilines is 1. The van der Waals surface area contributed by atoms with Gasteiger partial charge in [0, 0.05) is 10.7 Å². The van der Waals surface area contributed by atoms with E-state index < -0.39 is 12.1 Å². The third-order valence-corrected chi connectivity index (χ3v) is 4.04. The maximum absolute atomic E-state index is 12.3. The highest BCUT2D eigenvalue weighted by Gasteiger charge is 2.40. The number of H-pyrrole nitrogens is 1. The predicted molar refractivity (Wildman–Crippen MR) is 86.3 cm³/mol. The number of aromatic nitrogens is 2. The zero-order chi connectivity index (χ0) is 16.0. The number of nitrogens with zero attached hydrogens (tertiary/aromatic N) is 2. The number of imide groups is 1. The van der Waals surface area contributed by atoms with Crippen LogP contribution in [-0.2, 0) is 4.79 Å². The van der Waals surface area contributed by atoms with E-state index in [9.17, 15) is 9.59 Å². The highest BCUT2D eigenvalue weighted by atomic mass is 35.5. The fraction of sp³-hybridized carbons (Fsp3) is 0.0625. The van der Waals surface area contributed by atoms with Crippen molar-refractivity contribution in [1.82, 2.24) is 15.3 Å². The Hall–Kier alpha value is -2.86. The summed E-state index contributed by atoms with van der Waals surface area (Å²) in [5.41, 5.74) is 2.83. The molecular weight excluding hydrogens is 316 g/mol. The lowest BCUT2D eigenvalue weighted by atomic mass is 10.1. The maximum Gasteiger partial charge on any atom is 0.329 e. The highest BCUT2D eigenvalue weighted by molar-refractivity contribution is 6.30. The molecule has 2 aromatic carbocycles. The third kappa shape index (κ3) is 2.24. The topological polar surface area (TPSA) is 78.1 Å². The molecule has 1 aliphatic rings. The number of halogens is 1. The molecule has 1 aliphatic heterocycles. The molecule has 2 heterocycles. The summed E-state index contributed by atoms with van der Waals surface area (Å²) in [7, 11) is 0. The van der Waals surface area contributed by atoms with Crippen LogP contribution in [0.25, 0.3) is 11.0 Å². The van der Waals surface area contributed by atoms with Crippen LogP contribution in [0.5, 0.6) is 0 Å². The average Bonchev–Trinajstić information content (AvgIpc) is 3.10. The zero-order valence-electron chi connectivity index (χ0n) is 11.8. The summed E-state index contributed by atoms with van der Waals surface area (Å²) in [6.07, 6.45) is 1.58. The van der Waals surface area contributed by atoms with Crippen molar-refractivity contribution in [3.05, 3.63) is 59.4 Å². The number of hydrogen-bond acceptors (Lipinski definition) is 3. The summed E-state index contributed by atoms with van der Waals surface area (Å²) < 4.78 is 0. The Labute approximate surface area is 136 Å². The molecule has 0 aliphatic carbocycles. The minimum absolute atomic E-state index is 0.376. The number of benzene rings is 2. The van der Waals surface area contributed by atoms with Gasteiger partial charge in [-0.1, -0.05) is 23.7 Å². The first-order valence-corrected chi connectivity index (χ1v) is 7.34. The lowest BCUT2D eigenvalue weighted by molar-refractivity contribution is -0.119. The summed E-state index contributed by atoms with van der Waals surface area (Å²) >= 11 is 6.02. The van der Waals surface area contributed by atoms with Crippen molar-refractivity contribution in [2.75, 3.05) is 4.90 Å². The van der Waals surface area contributed by atoms with Crippen LogP contribution in [0.3, 0.4) is 0 Å².